The molecule has 6 atom stereocenters. The maximum Gasteiger partial charge on any atom is 0.190 e. The van der Waals surface area contributed by atoms with Gasteiger partial charge in [-0.25, -0.2) is 0 Å². The highest BCUT2D eigenvalue weighted by Gasteiger charge is 2.60. The first kappa shape index (κ1) is 20.9. The van der Waals surface area contributed by atoms with Gasteiger partial charge in [0.25, 0.3) is 0 Å². The third-order valence-corrected chi connectivity index (χ3v) is 5.42. The molecule has 0 radical (unpaired) electrons. The van der Waals surface area contributed by atoms with Gasteiger partial charge in [0, 0.05) is 19.6 Å². The van der Waals surface area contributed by atoms with Gasteiger partial charge in [-0.3, -0.25) is 4.90 Å². The normalized spacial score (nSPS) is 40.8. The van der Waals surface area contributed by atoms with Gasteiger partial charge in [-0.05, 0) is 27.7 Å². The minimum atomic E-state index is -0.736. The van der Waals surface area contributed by atoms with E-state index in [0.29, 0.717) is 19.8 Å². The topological polar surface area (TPSA) is 88.1 Å². The fourth-order valence-corrected chi connectivity index (χ4v) is 4.28. The van der Waals surface area contributed by atoms with E-state index in [0.717, 1.165) is 13.1 Å². The quantitative estimate of drug-likeness (QED) is 0.663. The first-order valence-electron chi connectivity index (χ1n) is 10.2. The van der Waals surface area contributed by atoms with E-state index in [1.54, 1.807) is 0 Å². The van der Waals surface area contributed by atoms with Crippen molar-refractivity contribution in [2.24, 2.45) is 0 Å². The molecule has 0 aromatic heterocycles. The van der Waals surface area contributed by atoms with Crippen molar-refractivity contribution in [1.82, 2.24) is 4.90 Å². The van der Waals surface area contributed by atoms with Crippen LogP contribution in [-0.4, -0.2) is 104 Å². The standard InChI is InChI=1S/C19H33NO8/c1-18(2)25-14-13(11-23-10-12(21)9-20-5-7-22-8-6-20)24-17-16(15(14)26-18)27-19(3,4)28-17/h12-17,21H,5-11H2,1-4H3/t12?,13-,14+,15+,16-,17-/m1/s1. The lowest BCUT2D eigenvalue weighted by Gasteiger charge is -2.37. The van der Waals surface area contributed by atoms with E-state index < -0.39 is 24.0 Å². The molecule has 4 rings (SSSR count). The van der Waals surface area contributed by atoms with Gasteiger partial charge in [-0.1, -0.05) is 0 Å². The van der Waals surface area contributed by atoms with Crippen molar-refractivity contribution >= 4 is 0 Å². The average Bonchev–Trinajstić information content (AvgIpc) is 3.10. The number of ether oxygens (including phenoxy) is 7. The summed E-state index contributed by atoms with van der Waals surface area (Å²) in [4.78, 5) is 2.18. The second-order valence-electron chi connectivity index (χ2n) is 8.81. The molecule has 4 saturated heterocycles. The lowest BCUT2D eigenvalue weighted by Crippen LogP contribution is -2.56. The van der Waals surface area contributed by atoms with Gasteiger partial charge in [0.1, 0.15) is 24.4 Å². The molecule has 0 aliphatic carbocycles. The number of rotatable bonds is 6. The molecule has 162 valence electrons. The molecule has 4 aliphatic heterocycles. The molecule has 28 heavy (non-hydrogen) atoms. The smallest absolute Gasteiger partial charge is 0.190 e. The Morgan fingerprint density at radius 3 is 2.36 bits per heavy atom. The highest BCUT2D eigenvalue weighted by atomic mass is 16.9. The van der Waals surface area contributed by atoms with Gasteiger partial charge >= 0.3 is 0 Å². The zero-order valence-electron chi connectivity index (χ0n) is 17.2. The summed E-state index contributed by atoms with van der Waals surface area (Å²) < 4.78 is 41.2. The van der Waals surface area contributed by atoms with Crippen molar-refractivity contribution in [2.75, 3.05) is 46.1 Å². The molecule has 0 saturated carbocycles. The molecule has 0 aromatic carbocycles. The number of β-amino-alcohol motifs (C(OH)–C–C–N with tert-alkyl or cyclic N) is 1. The van der Waals surface area contributed by atoms with E-state index in [9.17, 15) is 5.11 Å². The van der Waals surface area contributed by atoms with Gasteiger partial charge in [0.2, 0.25) is 0 Å². The molecular formula is C19H33NO8. The van der Waals surface area contributed by atoms with Gasteiger partial charge in [-0.2, -0.15) is 0 Å². The van der Waals surface area contributed by atoms with Crippen LogP contribution >= 0.6 is 0 Å². The lowest BCUT2D eigenvalue weighted by atomic mass is 9.99. The Balaban J connectivity index is 1.31. The molecule has 1 N–H and O–H groups in total. The van der Waals surface area contributed by atoms with E-state index in [2.05, 4.69) is 4.90 Å². The Morgan fingerprint density at radius 2 is 1.61 bits per heavy atom. The molecular weight excluding hydrogens is 370 g/mol. The molecule has 4 fully saturated rings. The maximum atomic E-state index is 10.3. The van der Waals surface area contributed by atoms with Crippen LogP contribution in [0.25, 0.3) is 0 Å². The predicted octanol–water partition coefficient (Wildman–Crippen LogP) is 0.0926. The van der Waals surface area contributed by atoms with E-state index in [-0.39, 0.29) is 37.6 Å². The Hall–Kier alpha value is -0.360. The summed E-state index contributed by atoms with van der Waals surface area (Å²) in [5.74, 6) is -1.46. The fourth-order valence-electron chi connectivity index (χ4n) is 4.28. The van der Waals surface area contributed by atoms with Crippen LogP contribution in [0.2, 0.25) is 0 Å². The second kappa shape index (κ2) is 8.05. The molecule has 1 unspecified atom stereocenters. The summed E-state index contributed by atoms with van der Waals surface area (Å²) in [6.45, 7) is 11.7. The van der Waals surface area contributed by atoms with Crippen LogP contribution in [0.4, 0.5) is 0 Å². The summed E-state index contributed by atoms with van der Waals surface area (Å²) in [5.41, 5.74) is 0. The van der Waals surface area contributed by atoms with Crippen LogP contribution in [0.5, 0.6) is 0 Å². The molecule has 4 aliphatic rings. The van der Waals surface area contributed by atoms with Crippen LogP contribution < -0.4 is 0 Å². The van der Waals surface area contributed by atoms with Crippen molar-refractivity contribution in [3.63, 3.8) is 0 Å². The maximum absolute atomic E-state index is 10.3. The van der Waals surface area contributed by atoms with Crippen molar-refractivity contribution in [3.8, 4) is 0 Å². The monoisotopic (exact) mass is 403 g/mol. The average molecular weight is 403 g/mol. The largest absolute Gasteiger partial charge is 0.389 e. The zero-order chi connectivity index (χ0) is 19.9. The van der Waals surface area contributed by atoms with Crippen molar-refractivity contribution in [3.05, 3.63) is 0 Å². The Bertz CT molecular complexity index is 538. The highest BCUT2D eigenvalue weighted by Crippen LogP contribution is 2.44. The Kier molecular flexibility index (Phi) is 6.01. The van der Waals surface area contributed by atoms with Crippen LogP contribution in [0.15, 0.2) is 0 Å². The molecule has 9 nitrogen and oxygen atoms in total. The van der Waals surface area contributed by atoms with Crippen molar-refractivity contribution in [2.45, 2.75) is 76.1 Å². The number of aliphatic hydroxyl groups excluding tert-OH is 1. The van der Waals surface area contributed by atoms with E-state index >= 15 is 0 Å². The summed E-state index contributed by atoms with van der Waals surface area (Å²) in [7, 11) is 0. The summed E-state index contributed by atoms with van der Waals surface area (Å²) >= 11 is 0. The SMILES string of the molecule is CC1(C)O[C@H]2[C@@H](O1)[C@@H](COCC(O)CN1CCOCC1)O[C@@H]1OC(C)(C)O[C@@H]12. The number of aliphatic hydroxyl groups is 1. The first-order chi connectivity index (χ1) is 13.2. The van der Waals surface area contributed by atoms with Gasteiger partial charge in [-0.15, -0.1) is 0 Å². The molecule has 4 heterocycles. The molecule has 0 amide bonds. The van der Waals surface area contributed by atoms with Gasteiger partial charge in [0.15, 0.2) is 17.9 Å². The van der Waals surface area contributed by atoms with Gasteiger partial charge in [0.05, 0.1) is 32.5 Å². The molecule has 0 aromatic rings. The van der Waals surface area contributed by atoms with Crippen LogP contribution in [0.1, 0.15) is 27.7 Å². The minimum absolute atomic E-state index is 0.232. The van der Waals surface area contributed by atoms with Crippen LogP contribution in [0, 0.1) is 0 Å². The molecule has 0 spiro atoms. The van der Waals surface area contributed by atoms with E-state index in [1.165, 1.54) is 0 Å². The summed E-state index contributed by atoms with van der Waals surface area (Å²) in [6, 6.07) is 0. The molecule has 0 bridgehead atoms. The van der Waals surface area contributed by atoms with Crippen molar-refractivity contribution < 1.29 is 38.3 Å². The van der Waals surface area contributed by atoms with Gasteiger partial charge < -0.3 is 38.3 Å². The predicted molar refractivity (Wildman–Crippen MR) is 96.6 cm³/mol. The highest BCUT2D eigenvalue weighted by molar-refractivity contribution is 5.00. The number of morpholine rings is 1. The van der Waals surface area contributed by atoms with Crippen molar-refractivity contribution in [1.29, 1.82) is 0 Å². The number of nitrogens with zero attached hydrogens (tertiary/aromatic N) is 1. The number of hydrogen-bond acceptors (Lipinski definition) is 9. The van der Waals surface area contributed by atoms with E-state index in [4.69, 9.17) is 33.2 Å². The Labute approximate surface area is 166 Å². The lowest BCUT2D eigenvalue weighted by molar-refractivity contribution is -0.244. The number of fused-ring (bicyclic) bond motifs is 3. The number of hydrogen-bond donors (Lipinski definition) is 1. The third kappa shape index (κ3) is 4.69. The third-order valence-electron chi connectivity index (χ3n) is 5.42. The summed E-state index contributed by atoms with van der Waals surface area (Å²) in [6.07, 6.45) is -2.40. The first-order valence-corrected chi connectivity index (χ1v) is 10.2. The fraction of sp³-hybridized carbons (Fsp3) is 1.00. The Morgan fingerprint density at radius 1 is 0.964 bits per heavy atom. The second-order valence-corrected chi connectivity index (χ2v) is 8.81. The van der Waals surface area contributed by atoms with Crippen LogP contribution in [-0.2, 0) is 33.2 Å². The van der Waals surface area contributed by atoms with E-state index in [1.807, 2.05) is 27.7 Å². The van der Waals surface area contributed by atoms with Crippen LogP contribution in [0.3, 0.4) is 0 Å². The minimum Gasteiger partial charge on any atom is -0.389 e. The summed E-state index contributed by atoms with van der Waals surface area (Å²) in [5, 5.41) is 10.3. The molecule has 9 heteroatoms. The zero-order valence-corrected chi connectivity index (χ0v) is 17.2.